The second-order valence-corrected chi connectivity index (χ2v) is 7.26. The van der Waals surface area contributed by atoms with Crippen molar-refractivity contribution in [2.45, 2.75) is 58.2 Å². The summed E-state index contributed by atoms with van der Waals surface area (Å²) in [6.07, 6.45) is 3.82. The zero-order chi connectivity index (χ0) is 18.8. The topological polar surface area (TPSA) is 74.6 Å². The fraction of sp³-hybridized carbons (Fsp3) is 0.500. The van der Waals surface area contributed by atoms with E-state index in [-0.39, 0.29) is 31.4 Å². The van der Waals surface area contributed by atoms with Crippen molar-refractivity contribution < 1.29 is 19.0 Å². The molecule has 144 valence electrons. The fourth-order valence-corrected chi connectivity index (χ4v) is 3.71. The van der Waals surface area contributed by atoms with Gasteiger partial charge in [0, 0.05) is 17.8 Å². The summed E-state index contributed by atoms with van der Waals surface area (Å²) >= 11 is 0. The quantitative estimate of drug-likeness (QED) is 0.875. The molecule has 4 rings (SSSR count). The SMILES string of the molecule is Cc1cc(C)n(CC(=O)NC2CCC(Oc3ccc4c(c3)OCO4)CC2)n1. The van der Waals surface area contributed by atoms with Gasteiger partial charge in [0.25, 0.3) is 0 Å². The highest BCUT2D eigenvalue weighted by Gasteiger charge is 2.24. The highest BCUT2D eigenvalue weighted by atomic mass is 16.7. The molecule has 1 saturated carbocycles. The van der Waals surface area contributed by atoms with Gasteiger partial charge in [-0.05, 0) is 57.7 Å². The molecule has 7 nitrogen and oxygen atoms in total. The lowest BCUT2D eigenvalue weighted by molar-refractivity contribution is -0.122. The van der Waals surface area contributed by atoms with E-state index in [1.165, 1.54) is 0 Å². The minimum absolute atomic E-state index is 0.0151. The summed E-state index contributed by atoms with van der Waals surface area (Å²) < 4.78 is 18.5. The molecule has 1 aliphatic carbocycles. The first kappa shape index (κ1) is 17.7. The Labute approximate surface area is 158 Å². The number of fused-ring (bicyclic) bond motifs is 1. The van der Waals surface area contributed by atoms with Gasteiger partial charge in [0.05, 0.1) is 11.8 Å². The van der Waals surface area contributed by atoms with E-state index < -0.39 is 0 Å². The molecule has 0 bridgehead atoms. The van der Waals surface area contributed by atoms with Gasteiger partial charge in [-0.25, -0.2) is 0 Å². The smallest absolute Gasteiger partial charge is 0.241 e. The first-order valence-electron chi connectivity index (χ1n) is 9.43. The van der Waals surface area contributed by atoms with Crippen LogP contribution in [-0.4, -0.2) is 34.6 Å². The molecule has 1 aromatic heterocycles. The number of nitrogens with zero attached hydrogens (tertiary/aromatic N) is 2. The molecule has 7 heteroatoms. The van der Waals surface area contributed by atoms with E-state index in [1.54, 1.807) is 4.68 Å². The van der Waals surface area contributed by atoms with E-state index >= 15 is 0 Å². The average molecular weight is 371 g/mol. The van der Waals surface area contributed by atoms with Crippen LogP contribution in [0.5, 0.6) is 17.2 Å². The summed E-state index contributed by atoms with van der Waals surface area (Å²) in [5.41, 5.74) is 1.94. The normalized spacial score (nSPS) is 21.1. The first-order chi connectivity index (χ1) is 13.1. The molecule has 1 amide bonds. The predicted molar refractivity (Wildman–Crippen MR) is 99.1 cm³/mol. The van der Waals surface area contributed by atoms with Crippen LogP contribution in [0.4, 0.5) is 0 Å². The van der Waals surface area contributed by atoms with E-state index in [9.17, 15) is 4.79 Å². The molecule has 0 atom stereocenters. The summed E-state index contributed by atoms with van der Waals surface area (Å²) in [7, 11) is 0. The third-order valence-electron chi connectivity index (χ3n) is 5.08. The summed E-state index contributed by atoms with van der Waals surface area (Å²) in [5.74, 6) is 2.31. The van der Waals surface area contributed by atoms with Crippen molar-refractivity contribution in [3.05, 3.63) is 35.7 Å². The Bertz CT molecular complexity index is 825. The molecule has 0 unspecified atom stereocenters. The number of nitrogens with one attached hydrogen (secondary N) is 1. The lowest BCUT2D eigenvalue weighted by Crippen LogP contribution is -2.41. The largest absolute Gasteiger partial charge is 0.490 e. The lowest BCUT2D eigenvalue weighted by Gasteiger charge is -2.29. The lowest BCUT2D eigenvalue weighted by atomic mass is 9.93. The number of aryl methyl sites for hydroxylation is 2. The second kappa shape index (κ2) is 7.50. The van der Waals surface area contributed by atoms with E-state index in [2.05, 4.69) is 10.4 Å². The van der Waals surface area contributed by atoms with Gasteiger partial charge in [0.2, 0.25) is 12.7 Å². The highest BCUT2D eigenvalue weighted by Crippen LogP contribution is 2.36. The van der Waals surface area contributed by atoms with E-state index in [1.807, 2.05) is 38.1 Å². The van der Waals surface area contributed by atoms with Gasteiger partial charge in [-0.15, -0.1) is 0 Å². The van der Waals surface area contributed by atoms with Crippen molar-refractivity contribution in [1.29, 1.82) is 0 Å². The van der Waals surface area contributed by atoms with Crippen molar-refractivity contribution in [2.24, 2.45) is 0 Å². The van der Waals surface area contributed by atoms with Crippen molar-refractivity contribution in [2.75, 3.05) is 6.79 Å². The van der Waals surface area contributed by atoms with Gasteiger partial charge in [0.15, 0.2) is 11.5 Å². The molecule has 1 aromatic carbocycles. The zero-order valence-corrected chi connectivity index (χ0v) is 15.7. The van der Waals surface area contributed by atoms with Crippen LogP contribution in [0.25, 0.3) is 0 Å². The van der Waals surface area contributed by atoms with Crippen LogP contribution < -0.4 is 19.5 Å². The molecule has 2 aliphatic rings. The number of hydrogen-bond donors (Lipinski definition) is 1. The molecule has 27 heavy (non-hydrogen) atoms. The second-order valence-electron chi connectivity index (χ2n) is 7.26. The van der Waals surface area contributed by atoms with Crippen molar-refractivity contribution >= 4 is 5.91 Å². The van der Waals surface area contributed by atoms with Crippen LogP contribution in [0, 0.1) is 13.8 Å². The average Bonchev–Trinajstić information content (AvgIpc) is 3.22. The number of carbonyl (C=O) groups is 1. The molecular formula is C20H25N3O4. The molecule has 0 saturated heterocycles. The third kappa shape index (κ3) is 4.18. The number of amides is 1. The van der Waals surface area contributed by atoms with Crippen LogP contribution in [0.3, 0.4) is 0 Å². The van der Waals surface area contributed by atoms with E-state index in [4.69, 9.17) is 14.2 Å². The Morgan fingerprint density at radius 1 is 1.19 bits per heavy atom. The monoisotopic (exact) mass is 371 g/mol. The standard InChI is InChI=1S/C20H25N3O4/c1-13-9-14(2)23(22-13)11-20(24)21-15-3-5-16(6-4-15)27-17-7-8-18-19(10-17)26-12-25-18/h7-10,15-16H,3-6,11-12H2,1-2H3,(H,21,24). The summed E-state index contributed by atoms with van der Waals surface area (Å²) in [6.45, 7) is 4.43. The Balaban J connectivity index is 1.24. The number of benzene rings is 1. The molecule has 0 spiro atoms. The van der Waals surface area contributed by atoms with Gasteiger partial charge in [-0.1, -0.05) is 0 Å². The van der Waals surface area contributed by atoms with Crippen LogP contribution >= 0.6 is 0 Å². The van der Waals surface area contributed by atoms with E-state index in [0.717, 1.165) is 54.3 Å². The number of aromatic nitrogens is 2. The molecular weight excluding hydrogens is 346 g/mol. The summed E-state index contributed by atoms with van der Waals surface area (Å²) in [6, 6.07) is 7.85. The van der Waals surface area contributed by atoms with Crippen molar-refractivity contribution in [3.8, 4) is 17.2 Å². The number of carbonyl (C=O) groups excluding carboxylic acids is 1. The minimum atomic E-state index is 0.0151. The van der Waals surface area contributed by atoms with E-state index in [0.29, 0.717) is 0 Å². The first-order valence-corrected chi connectivity index (χ1v) is 9.43. The molecule has 2 aromatic rings. The van der Waals surface area contributed by atoms with Gasteiger partial charge >= 0.3 is 0 Å². The molecule has 2 heterocycles. The van der Waals surface area contributed by atoms with Gasteiger partial charge < -0.3 is 19.5 Å². The van der Waals surface area contributed by atoms with Crippen molar-refractivity contribution in [3.63, 3.8) is 0 Å². The fourth-order valence-electron chi connectivity index (χ4n) is 3.71. The number of rotatable bonds is 5. The summed E-state index contributed by atoms with van der Waals surface area (Å²) in [5, 5.41) is 7.47. The van der Waals surface area contributed by atoms with Gasteiger partial charge in [-0.3, -0.25) is 9.48 Å². The molecule has 1 aliphatic heterocycles. The maximum absolute atomic E-state index is 12.3. The maximum atomic E-state index is 12.3. The van der Waals surface area contributed by atoms with Crippen LogP contribution in [0.1, 0.15) is 37.1 Å². The Morgan fingerprint density at radius 3 is 2.70 bits per heavy atom. The highest BCUT2D eigenvalue weighted by molar-refractivity contribution is 5.76. The minimum Gasteiger partial charge on any atom is -0.490 e. The Hall–Kier alpha value is -2.70. The zero-order valence-electron chi connectivity index (χ0n) is 15.7. The molecule has 1 fully saturated rings. The van der Waals surface area contributed by atoms with Gasteiger partial charge in [-0.2, -0.15) is 5.10 Å². The third-order valence-corrected chi connectivity index (χ3v) is 5.08. The van der Waals surface area contributed by atoms with Crippen LogP contribution in [0.15, 0.2) is 24.3 Å². The van der Waals surface area contributed by atoms with Crippen molar-refractivity contribution in [1.82, 2.24) is 15.1 Å². The van der Waals surface area contributed by atoms with Crippen LogP contribution in [-0.2, 0) is 11.3 Å². The van der Waals surface area contributed by atoms with Crippen LogP contribution in [0.2, 0.25) is 0 Å². The Morgan fingerprint density at radius 2 is 1.96 bits per heavy atom. The summed E-state index contributed by atoms with van der Waals surface area (Å²) in [4.78, 5) is 12.3. The predicted octanol–water partition coefficient (Wildman–Crippen LogP) is 2.74. The Kier molecular flexibility index (Phi) is 4.92. The number of ether oxygens (including phenoxy) is 3. The number of hydrogen-bond acceptors (Lipinski definition) is 5. The van der Waals surface area contributed by atoms with Gasteiger partial charge in [0.1, 0.15) is 12.3 Å². The maximum Gasteiger partial charge on any atom is 0.241 e. The molecule has 0 radical (unpaired) electrons. The molecule has 1 N–H and O–H groups in total.